The van der Waals surface area contributed by atoms with Gasteiger partial charge in [0.15, 0.2) is 5.82 Å². The van der Waals surface area contributed by atoms with Gasteiger partial charge in [-0.15, -0.1) is 0 Å². The van der Waals surface area contributed by atoms with E-state index < -0.39 is 5.54 Å². The zero-order valence-corrected chi connectivity index (χ0v) is 14.5. The van der Waals surface area contributed by atoms with Crippen LogP contribution in [0.3, 0.4) is 0 Å². The van der Waals surface area contributed by atoms with Crippen LogP contribution in [0.4, 0.5) is 0 Å². The Morgan fingerprint density at radius 1 is 1.20 bits per heavy atom. The second-order valence-electron chi connectivity index (χ2n) is 7.59. The molecule has 1 unspecified atom stereocenters. The Morgan fingerprint density at radius 3 is 2.60 bits per heavy atom. The van der Waals surface area contributed by atoms with Gasteiger partial charge in [0.25, 0.3) is 5.91 Å². The Morgan fingerprint density at radius 2 is 1.92 bits per heavy atom. The third-order valence-corrected chi connectivity index (χ3v) is 6.19. The second kappa shape index (κ2) is 6.44. The van der Waals surface area contributed by atoms with Crippen LogP contribution in [0.2, 0.25) is 0 Å². The van der Waals surface area contributed by atoms with Crippen molar-refractivity contribution < 1.29 is 14.7 Å². The topological polar surface area (TPSA) is 89.5 Å². The summed E-state index contributed by atoms with van der Waals surface area (Å²) in [5.41, 5.74) is -0.696. The molecule has 136 valence electrons. The van der Waals surface area contributed by atoms with Crippen LogP contribution in [0.25, 0.3) is 0 Å². The second-order valence-corrected chi connectivity index (χ2v) is 7.59. The van der Waals surface area contributed by atoms with Gasteiger partial charge in [0, 0.05) is 31.5 Å². The number of nitrogens with zero attached hydrogens (tertiary/aromatic N) is 3. The summed E-state index contributed by atoms with van der Waals surface area (Å²) in [6, 6.07) is 0.203. The van der Waals surface area contributed by atoms with E-state index in [-0.39, 0.29) is 24.0 Å². The molecular formula is C18H26N4O3. The van der Waals surface area contributed by atoms with Gasteiger partial charge in [-0.2, -0.15) is 0 Å². The predicted molar refractivity (Wildman–Crippen MR) is 90.8 cm³/mol. The highest BCUT2D eigenvalue weighted by Gasteiger charge is 2.54. The maximum Gasteiger partial charge on any atom is 0.290 e. The monoisotopic (exact) mass is 346 g/mol. The summed E-state index contributed by atoms with van der Waals surface area (Å²) in [4.78, 5) is 37.1. The molecule has 25 heavy (non-hydrogen) atoms. The molecule has 1 spiro atoms. The Labute approximate surface area is 147 Å². The Hall–Kier alpha value is -1.89. The van der Waals surface area contributed by atoms with E-state index in [0.717, 1.165) is 57.9 Å². The van der Waals surface area contributed by atoms with Gasteiger partial charge in [-0.3, -0.25) is 9.59 Å². The first-order valence-electron chi connectivity index (χ1n) is 9.42. The molecule has 7 nitrogen and oxygen atoms in total. The normalized spacial score (nSPS) is 33.2. The van der Waals surface area contributed by atoms with Gasteiger partial charge in [0.1, 0.15) is 5.54 Å². The van der Waals surface area contributed by atoms with Gasteiger partial charge in [0.05, 0.1) is 6.10 Å². The highest BCUT2D eigenvalue weighted by atomic mass is 16.3. The lowest BCUT2D eigenvalue weighted by molar-refractivity contribution is -0.149. The van der Waals surface area contributed by atoms with Gasteiger partial charge in [-0.05, 0) is 51.4 Å². The highest BCUT2D eigenvalue weighted by Crippen LogP contribution is 2.40. The van der Waals surface area contributed by atoms with Crippen LogP contribution in [0.5, 0.6) is 0 Å². The minimum Gasteiger partial charge on any atom is -0.393 e. The van der Waals surface area contributed by atoms with Crippen molar-refractivity contribution in [2.24, 2.45) is 0 Å². The number of amides is 2. The third kappa shape index (κ3) is 2.74. The Kier molecular flexibility index (Phi) is 4.27. The molecule has 0 radical (unpaired) electrons. The first-order valence-corrected chi connectivity index (χ1v) is 9.42. The zero-order valence-electron chi connectivity index (χ0n) is 14.5. The molecule has 2 saturated heterocycles. The molecule has 1 aromatic heterocycles. The number of aromatic nitrogens is 2. The number of carbonyl (C=O) groups excluding carboxylic acids is 2. The lowest BCUT2D eigenvalue weighted by Crippen LogP contribution is -2.63. The van der Waals surface area contributed by atoms with E-state index >= 15 is 0 Å². The molecule has 7 heteroatoms. The van der Waals surface area contributed by atoms with Crippen LogP contribution in [0, 0.1) is 0 Å². The Bertz CT molecular complexity index is 639. The Balaban J connectivity index is 1.57. The smallest absolute Gasteiger partial charge is 0.290 e. The molecule has 2 N–H and O–H groups in total. The van der Waals surface area contributed by atoms with Crippen molar-refractivity contribution in [1.82, 2.24) is 19.8 Å². The number of imidazole rings is 1. The summed E-state index contributed by atoms with van der Waals surface area (Å²) in [5.74, 6) is 0.251. The number of rotatable bonds is 2. The van der Waals surface area contributed by atoms with Crippen molar-refractivity contribution in [2.45, 2.75) is 69.1 Å². The fourth-order valence-electron chi connectivity index (χ4n) is 4.90. The number of carbonyl (C=O) groups is 2. The standard InChI is InChI=1S/C18H26N4O3/c23-14-5-3-13(4-6-14)21-11-1-7-18(17(21)25)8-2-12-22(18)16(24)15-19-9-10-20-15/h9-10,13-14,23H,1-8,11-12H2,(H,19,20). The number of H-pyrrole nitrogens is 1. The van der Waals surface area contributed by atoms with Crippen molar-refractivity contribution in [3.8, 4) is 0 Å². The number of hydrogen-bond donors (Lipinski definition) is 2. The number of aliphatic hydroxyl groups excluding tert-OH is 1. The summed E-state index contributed by atoms with van der Waals surface area (Å²) in [6.07, 6.45) is 9.47. The van der Waals surface area contributed by atoms with E-state index in [9.17, 15) is 14.7 Å². The fourth-order valence-corrected chi connectivity index (χ4v) is 4.90. The molecule has 3 fully saturated rings. The summed E-state index contributed by atoms with van der Waals surface area (Å²) in [6.45, 7) is 1.38. The molecule has 4 rings (SSSR count). The summed E-state index contributed by atoms with van der Waals surface area (Å²) in [5, 5.41) is 9.75. The van der Waals surface area contributed by atoms with Crippen molar-refractivity contribution >= 4 is 11.8 Å². The maximum atomic E-state index is 13.5. The SMILES string of the molecule is O=C(c1ncc[nH]1)N1CCCC12CCCN(C1CCC(O)CC1)C2=O. The van der Waals surface area contributed by atoms with Gasteiger partial charge < -0.3 is 19.9 Å². The molecule has 1 aliphatic carbocycles. The predicted octanol–water partition coefficient (Wildman–Crippen LogP) is 1.31. The summed E-state index contributed by atoms with van der Waals surface area (Å²) >= 11 is 0. The minimum atomic E-state index is -0.696. The lowest BCUT2D eigenvalue weighted by Gasteiger charge is -2.47. The van der Waals surface area contributed by atoms with Gasteiger partial charge in [0.2, 0.25) is 5.91 Å². The summed E-state index contributed by atoms with van der Waals surface area (Å²) < 4.78 is 0. The maximum absolute atomic E-state index is 13.5. The highest BCUT2D eigenvalue weighted by molar-refractivity contribution is 5.98. The largest absolute Gasteiger partial charge is 0.393 e. The van der Waals surface area contributed by atoms with Crippen LogP contribution in [0.15, 0.2) is 12.4 Å². The number of hydrogen-bond acceptors (Lipinski definition) is 4. The number of aliphatic hydroxyl groups is 1. The lowest BCUT2D eigenvalue weighted by atomic mass is 9.82. The molecule has 1 aromatic rings. The van der Waals surface area contributed by atoms with Crippen LogP contribution in [0.1, 0.15) is 62.0 Å². The van der Waals surface area contributed by atoms with Crippen LogP contribution in [-0.4, -0.2) is 67.5 Å². The van der Waals surface area contributed by atoms with Crippen LogP contribution < -0.4 is 0 Å². The molecule has 0 aromatic carbocycles. The number of nitrogens with one attached hydrogen (secondary N) is 1. The van der Waals surface area contributed by atoms with Crippen LogP contribution >= 0.6 is 0 Å². The molecule has 3 aliphatic rings. The number of piperidine rings is 1. The fraction of sp³-hybridized carbons (Fsp3) is 0.722. The average molecular weight is 346 g/mol. The van der Waals surface area contributed by atoms with E-state index in [1.807, 2.05) is 4.90 Å². The summed E-state index contributed by atoms with van der Waals surface area (Å²) in [7, 11) is 0. The van der Waals surface area contributed by atoms with Crippen molar-refractivity contribution in [3.63, 3.8) is 0 Å². The van der Waals surface area contributed by atoms with E-state index in [1.54, 1.807) is 17.3 Å². The van der Waals surface area contributed by atoms with E-state index in [2.05, 4.69) is 9.97 Å². The molecule has 2 aliphatic heterocycles. The number of likely N-dealkylation sites (tertiary alicyclic amines) is 2. The van der Waals surface area contributed by atoms with Crippen molar-refractivity contribution in [2.75, 3.05) is 13.1 Å². The average Bonchev–Trinajstić information content (AvgIpc) is 3.29. The van der Waals surface area contributed by atoms with Crippen molar-refractivity contribution in [3.05, 3.63) is 18.2 Å². The first-order chi connectivity index (χ1) is 12.1. The molecule has 0 bridgehead atoms. The van der Waals surface area contributed by atoms with Gasteiger partial charge in [-0.25, -0.2) is 4.98 Å². The van der Waals surface area contributed by atoms with Gasteiger partial charge in [-0.1, -0.05) is 0 Å². The third-order valence-electron chi connectivity index (χ3n) is 6.19. The van der Waals surface area contributed by atoms with Crippen molar-refractivity contribution in [1.29, 1.82) is 0 Å². The molecule has 2 amide bonds. The van der Waals surface area contributed by atoms with E-state index in [0.29, 0.717) is 12.4 Å². The zero-order chi connectivity index (χ0) is 17.4. The number of aromatic amines is 1. The minimum absolute atomic E-state index is 0.109. The molecule has 1 saturated carbocycles. The molecule has 1 atom stereocenters. The first kappa shape index (κ1) is 16.6. The van der Waals surface area contributed by atoms with E-state index in [1.165, 1.54) is 0 Å². The molecular weight excluding hydrogens is 320 g/mol. The van der Waals surface area contributed by atoms with E-state index in [4.69, 9.17) is 0 Å². The van der Waals surface area contributed by atoms with Crippen LogP contribution in [-0.2, 0) is 4.79 Å². The quantitative estimate of drug-likeness (QED) is 0.845. The van der Waals surface area contributed by atoms with Gasteiger partial charge >= 0.3 is 0 Å². The molecule has 3 heterocycles.